The van der Waals surface area contributed by atoms with Crippen LogP contribution in [0.3, 0.4) is 0 Å². The zero-order valence-electron chi connectivity index (χ0n) is 16.2. The van der Waals surface area contributed by atoms with E-state index in [0.29, 0.717) is 12.5 Å². The Morgan fingerprint density at radius 1 is 1.27 bits per heavy atom. The van der Waals surface area contributed by atoms with E-state index < -0.39 is 0 Å². The number of hydrogen-bond donors (Lipinski definition) is 2. The first-order chi connectivity index (χ1) is 12.4. The Balaban J connectivity index is 1.66. The van der Waals surface area contributed by atoms with Crippen molar-refractivity contribution < 1.29 is 9.59 Å². The van der Waals surface area contributed by atoms with E-state index in [1.54, 1.807) is 6.92 Å². The highest BCUT2D eigenvalue weighted by atomic mass is 16.2. The molecule has 2 amide bonds. The molecule has 142 valence electrons. The summed E-state index contributed by atoms with van der Waals surface area (Å²) < 4.78 is 0. The molecule has 0 aromatic heterocycles. The van der Waals surface area contributed by atoms with E-state index in [4.69, 9.17) is 0 Å². The van der Waals surface area contributed by atoms with Crippen molar-refractivity contribution in [3.05, 3.63) is 29.8 Å². The van der Waals surface area contributed by atoms with Crippen molar-refractivity contribution in [2.45, 2.75) is 59.0 Å². The summed E-state index contributed by atoms with van der Waals surface area (Å²) in [4.78, 5) is 26.6. The zero-order chi connectivity index (χ0) is 18.7. The lowest BCUT2D eigenvalue weighted by molar-refractivity contribution is -0.131. The van der Waals surface area contributed by atoms with Gasteiger partial charge in [0.1, 0.15) is 0 Å². The molecule has 5 heteroatoms. The summed E-state index contributed by atoms with van der Waals surface area (Å²) in [5.74, 6) is 0.701. The Morgan fingerprint density at radius 3 is 2.65 bits per heavy atom. The van der Waals surface area contributed by atoms with Crippen LogP contribution in [-0.4, -0.2) is 35.8 Å². The molecule has 0 spiro atoms. The molecule has 2 N–H and O–H groups in total. The van der Waals surface area contributed by atoms with E-state index >= 15 is 0 Å². The largest absolute Gasteiger partial charge is 0.336 e. The van der Waals surface area contributed by atoms with Gasteiger partial charge in [0.05, 0.1) is 5.41 Å². The topological polar surface area (TPSA) is 61.4 Å². The van der Waals surface area contributed by atoms with Crippen molar-refractivity contribution in [2.75, 3.05) is 18.4 Å². The zero-order valence-corrected chi connectivity index (χ0v) is 16.2. The minimum Gasteiger partial charge on any atom is -0.336 e. The van der Waals surface area contributed by atoms with Gasteiger partial charge in [-0.25, -0.2) is 0 Å². The van der Waals surface area contributed by atoms with Gasteiger partial charge in [-0.15, -0.1) is 0 Å². The number of rotatable bonds is 5. The van der Waals surface area contributed by atoms with Crippen LogP contribution in [0.15, 0.2) is 24.3 Å². The fraction of sp³-hybridized carbons (Fsp3) is 0.619. The molecule has 1 aliphatic heterocycles. The van der Waals surface area contributed by atoms with Gasteiger partial charge < -0.3 is 15.5 Å². The number of carbonyl (C=O) groups excluding carboxylic acids is 2. The molecule has 2 atom stereocenters. The number of hydrogen-bond acceptors (Lipinski definition) is 3. The molecule has 0 unspecified atom stereocenters. The third kappa shape index (κ3) is 3.78. The lowest BCUT2D eigenvalue weighted by Crippen LogP contribution is -2.44. The minimum atomic E-state index is -0.236. The maximum absolute atomic E-state index is 13.0. The first-order valence-corrected chi connectivity index (χ1v) is 9.81. The van der Waals surface area contributed by atoms with Crippen molar-refractivity contribution in [2.24, 2.45) is 11.3 Å². The lowest BCUT2D eigenvalue weighted by atomic mass is 9.67. The Hall–Kier alpha value is -1.88. The monoisotopic (exact) mass is 357 g/mol. The van der Waals surface area contributed by atoms with Gasteiger partial charge in [0.2, 0.25) is 11.8 Å². The molecule has 1 heterocycles. The minimum absolute atomic E-state index is 0.0774. The summed E-state index contributed by atoms with van der Waals surface area (Å²) in [7, 11) is 0. The second-order valence-electron chi connectivity index (χ2n) is 8.12. The van der Waals surface area contributed by atoms with E-state index in [-0.39, 0.29) is 23.3 Å². The standard InChI is InChI=1S/C21H31N3O2/c1-15(2)24(16(3)25)13-17-7-9-19(10-8-17)23-20(26)21-11-5-4-6-18(21)12-22-14-21/h7-10,15,18,22H,4-6,11-14H2,1-3H3,(H,23,26)/t18-,21+/m0/s1. The molecule has 1 aromatic carbocycles. The summed E-state index contributed by atoms with van der Waals surface area (Å²) >= 11 is 0. The summed E-state index contributed by atoms with van der Waals surface area (Å²) in [6.45, 7) is 7.99. The number of anilines is 1. The third-order valence-corrected chi connectivity index (χ3v) is 6.08. The number of carbonyl (C=O) groups is 2. The Morgan fingerprint density at radius 2 is 2.00 bits per heavy atom. The summed E-state index contributed by atoms with van der Waals surface area (Å²) in [6, 6.07) is 8.06. The molecular weight excluding hydrogens is 326 g/mol. The fourth-order valence-electron chi connectivity index (χ4n) is 4.49. The van der Waals surface area contributed by atoms with Gasteiger partial charge in [0.25, 0.3) is 0 Å². The normalized spacial score (nSPS) is 25.0. The van der Waals surface area contributed by atoms with Crippen molar-refractivity contribution >= 4 is 17.5 Å². The maximum atomic E-state index is 13.0. The predicted octanol–water partition coefficient (Wildman–Crippen LogP) is 3.16. The highest BCUT2D eigenvalue weighted by Gasteiger charge is 2.49. The molecule has 1 saturated heterocycles. The Kier molecular flexibility index (Phi) is 5.66. The van der Waals surface area contributed by atoms with E-state index in [0.717, 1.165) is 43.6 Å². The van der Waals surface area contributed by atoms with Crippen LogP contribution < -0.4 is 10.6 Å². The Bertz CT molecular complexity index is 656. The summed E-state index contributed by atoms with van der Waals surface area (Å²) in [5.41, 5.74) is 1.67. The lowest BCUT2D eigenvalue weighted by Gasteiger charge is -2.37. The number of fused-ring (bicyclic) bond motifs is 1. The second kappa shape index (κ2) is 7.78. The Labute approximate surface area is 156 Å². The highest BCUT2D eigenvalue weighted by molar-refractivity contribution is 5.96. The molecule has 2 fully saturated rings. The van der Waals surface area contributed by atoms with E-state index in [9.17, 15) is 9.59 Å². The van der Waals surface area contributed by atoms with Crippen molar-refractivity contribution in [3.63, 3.8) is 0 Å². The molecular formula is C21H31N3O2. The molecule has 0 bridgehead atoms. The predicted molar refractivity (Wildman–Crippen MR) is 104 cm³/mol. The van der Waals surface area contributed by atoms with Crippen molar-refractivity contribution in [3.8, 4) is 0 Å². The molecule has 0 radical (unpaired) electrons. The maximum Gasteiger partial charge on any atom is 0.232 e. The summed E-state index contributed by atoms with van der Waals surface area (Å²) in [5, 5.41) is 6.57. The van der Waals surface area contributed by atoms with Gasteiger partial charge in [-0.1, -0.05) is 25.0 Å². The van der Waals surface area contributed by atoms with Gasteiger partial charge in [-0.3, -0.25) is 9.59 Å². The van der Waals surface area contributed by atoms with Crippen LogP contribution in [0.5, 0.6) is 0 Å². The smallest absolute Gasteiger partial charge is 0.232 e. The van der Waals surface area contributed by atoms with Crippen LogP contribution in [0.4, 0.5) is 5.69 Å². The number of nitrogens with one attached hydrogen (secondary N) is 2. The molecule has 1 aliphatic carbocycles. The van der Waals surface area contributed by atoms with Gasteiger partial charge in [0, 0.05) is 31.7 Å². The van der Waals surface area contributed by atoms with Crippen LogP contribution in [0.2, 0.25) is 0 Å². The number of nitrogens with zero attached hydrogens (tertiary/aromatic N) is 1. The molecule has 3 rings (SSSR count). The number of amides is 2. The molecule has 1 saturated carbocycles. The molecule has 2 aliphatic rings. The first kappa shape index (κ1) is 18.9. The van der Waals surface area contributed by atoms with Crippen LogP contribution in [-0.2, 0) is 16.1 Å². The average molecular weight is 357 g/mol. The van der Waals surface area contributed by atoms with Gasteiger partial charge >= 0.3 is 0 Å². The van der Waals surface area contributed by atoms with Crippen LogP contribution in [0.25, 0.3) is 0 Å². The van der Waals surface area contributed by atoms with Gasteiger partial charge in [-0.2, -0.15) is 0 Å². The van der Waals surface area contributed by atoms with Crippen molar-refractivity contribution in [1.82, 2.24) is 10.2 Å². The SMILES string of the molecule is CC(=O)N(Cc1ccc(NC(=O)[C@@]23CCCC[C@H]2CNC3)cc1)C(C)C. The molecule has 26 heavy (non-hydrogen) atoms. The van der Waals surface area contributed by atoms with E-state index in [1.165, 1.54) is 6.42 Å². The van der Waals surface area contributed by atoms with E-state index in [1.807, 2.05) is 43.0 Å². The van der Waals surface area contributed by atoms with Gasteiger partial charge in [0.15, 0.2) is 0 Å². The quantitative estimate of drug-likeness (QED) is 0.851. The first-order valence-electron chi connectivity index (χ1n) is 9.81. The van der Waals surface area contributed by atoms with Crippen LogP contribution >= 0.6 is 0 Å². The van der Waals surface area contributed by atoms with Gasteiger partial charge in [-0.05, 0) is 56.8 Å². The third-order valence-electron chi connectivity index (χ3n) is 6.08. The fourth-order valence-corrected chi connectivity index (χ4v) is 4.49. The highest BCUT2D eigenvalue weighted by Crippen LogP contribution is 2.44. The summed E-state index contributed by atoms with van der Waals surface area (Å²) in [6.07, 6.45) is 4.51. The average Bonchev–Trinajstić information content (AvgIpc) is 3.05. The van der Waals surface area contributed by atoms with E-state index in [2.05, 4.69) is 10.6 Å². The van der Waals surface area contributed by atoms with Crippen molar-refractivity contribution in [1.29, 1.82) is 0 Å². The van der Waals surface area contributed by atoms with Crippen LogP contribution in [0, 0.1) is 11.3 Å². The van der Waals surface area contributed by atoms with Crippen LogP contribution in [0.1, 0.15) is 52.0 Å². The molecule has 1 aromatic rings. The second-order valence-corrected chi connectivity index (χ2v) is 8.12. The molecule has 5 nitrogen and oxygen atoms in total. The number of benzene rings is 1.